The van der Waals surface area contributed by atoms with Gasteiger partial charge in [-0.15, -0.1) is 0 Å². The fourth-order valence-corrected chi connectivity index (χ4v) is 4.01. The Hall–Kier alpha value is -0.0151. The zero-order valence-corrected chi connectivity index (χ0v) is 13.0. The van der Waals surface area contributed by atoms with Crippen LogP contribution in [-0.2, 0) is 4.65 Å². The lowest BCUT2D eigenvalue weighted by molar-refractivity contribution is -0.154. The maximum absolute atomic E-state index is 6.36. The molecule has 2 saturated heterocycles. The highest BCUT2D eigenvalue weighted by Gasteiger charge is 2.55. The van der Waals surface area contributed by atoms with Crippen LogP contribution in [0.5, 0.6) is 0 Å². The van der Waals surface area contributed by atoms with Crippen molar-refractivity contribution in [2.24, 2.45) is 10.8 Å². The van der Waals surface area contributed by atoms with Crippen LogP contribution in [-0.4, -0.2) is 30.6 Å². The van der Waals surface area contributed by atoms with E-state index in [9.17, 15) is 0 Å². The number of piperidine rings is 1. The van der Waals surface area contributed by atoms with Crippen LogP contribution in [0.4, 0.5) is 0 Å². The summed E-state index contributed by atoms with van der Waals surface area (Å²) in [7, 11) is 2.05. The summed E-state index contributed by atoms with van der Waals surface area (Å²) in [5, 5.41) is 0. The lowest BCUT2D eigenvalue weighted by atomic mass is 9.57. The monoisotopic (exact) mass is 250 g/mol. The summed E-state index contributed by atoms with van der Waals surface area (Å²) in [6, 6.07) is 0.686. The number of nitrogens with zero attached hydrogens (tertiary/aromatic N) is 1. The molecule has 2 rings (SSSR count). The summed E-state index contributed by atoms with van der Waals surface area (Å²) in [4.78, 5) is 2.43. The summed E-state index contributed by atoms with van der Waals surface area (Å²) >= 11 is 0. The molecular weight excluding hydrogens is 221 g/mol. The molecule has 18 heavy (non-hydrogen) atoms. The minimum Gasteiger partial charge on any atom is -0.417 e. The molecular formula is C15H29BNO. The second-order valence-corrected chi connectivity index (χ2v) is 8.14. The fraction of sp³-hybridized carbons (Fsp3) is 1.00. The van der Waals surface area contributed by atoms with Crippen LogP contribution in [0.3, 0.4) is 0 Å². The summed E-state index contributed by atoms with van der Waals surface area (Å²) in [6.07, 6.45) is 5.18. The second-order valence-electron chi connectivity index (χ2n) is 8.14. The Balaban J connectivity index is 2.27. The Bertz CT molecular complexity index is 289. The van der Waals surface area contributed by atoms with E-state index in [1.807, 2.05) is 7.62 Å². The SMILES string of the molecule is CC(C)(C)C1(C(C)(C)C)CC2CCCCN2[B]O1. The van der Waals surface area contributed by atoms with Gasteiger partial charge in [0.1, 0.15) is 0 Å². The molecule has 0 amide bonds. The highest BCUT2D eigenvalue weighted by molar-refractivity contribution is 6.24. The largest absolute Gasteiger partial charge is 0.417 e. The minimum atomic E-state index is -0.0570. The molecule has 2 fully saturated rings. The molecule has 0 aromatic carbocycles. The van der Waals surface area contributed by atoms with E-state index in [2.05, 4.69) is 46.4 Å². The molecule has 2 aliphatic rings. The predicted molar refractivity (Wildman–Crippen MR) is 77.4 cm³/mol. The van der Waals surface area contributed by atoms with Gasteiger partial charge in [0.05, 0.1) is 5.60 Å². The molecule has 2 aliphatic heterocycles. The van der Waals surface area contributed by atoms with E-state index in [0.717, 1.165) is 6.42 Å². The molecule has 0 saturated carbocycles. The van der Waals surface area contributed by atoms with E-state index >= 15 is 0 Å². The average molecular weight is 250 g/mol. The molecule has 103 valence electrons. The summed E-state index contributed by atoms with van der Waals surface area (Å²) < 4.78 is 6.36. The van der Waals surface area contributed by atoms with Crippen molar-refractivity contribution in [3.63, 3.8) is 0 Å². The summed E-state index contributed by atoms with van der Waals surface area (Å²) in [6.45, 7) is 15.1. The van der Waals surface area contributed by atoms with Crippen molar-refractivity contribution in [2.75, 3.05) is 6.54 Å². The van der Waals surface area contributed by atoms with Crippen LogP contribution in [0.15, 0.2) is 0 Å². The normalized spacial score (nSPS) is 29.6. The van der Waals surface area contributed by atoms with E-state index in [1.54, 1.807) is 0 Å². The third-order valence-corrected chi connectivity index (χ3v) is 5.01. The van der Waals surface area contributed by atoms with Gasteiger partial charge in [0, 0.05) is 6.04 Å². The fourth-order valence-electron chi connectivity index (χ4n) is 4.01. The Morgan fingerprint density at radius 1 is 1.06 bits per heavy atom. The van der Waals surface area contributed by atoms with Gasteiger partial charge in [-0.3, -0.25) is 0 Å². The number of hydrogen-bond donors (Lipinski definition) is 0. The standard InChI is InChI=1S/C15H29BNO/c1-13(2,3)15(14(4,5)6)11-12-9-7-8-10-17(12)16-18-15/h12H,7-11H2,1-6H3. The minimum absolute atomic E-state index is 0.0570. The molecule has 0 aromatic rings. The van der Waals surface area contributed by atoms with E-state index in [0.29, 0.717) is 6.04 Å². The second kappa shape index (κ2) is 4.52. The summed E-state index contributed by atoms with van der Waals surface area (Å²) in [5.74, 6) is 0. The van der Waals surface area contributed by atoms with Crippen molar-refractivity contribution in [1.29, 1.82) is 0 Å². The molecule has 2 nitrogen and oxygen atoms in total. The first-order chi connectivity index (χ1) is 8.17. The van der Waals surface area contributed by atoms with E-state index in [1.165, 1.54) is 25.8 Å². The van der Waals surface area contributed by atoms with Crippen LogP contribution >= 0.6 is 0 Å². The zero-order valence-electron chi connectivity index (χ0n) is 13.0. The van der Waals surface area contributed by atoms with E-state index in [-0.39, 0.29) is 16.4 Å². The van der Waals surface area contributed by atoms with Crippen molar-refractivity contribution in [3.8, 4) is 0 Å². The third kappa shape index (κ3) is 2.25. The van der Waals surface area contributed by atoms with Gasteiger partial charge in [-0.25, -0.2) is 0 Å². The van der Waals surface area contributed by atoms with E-state index < -0.39 is 0 Å². The molecule has 2 heterocycles. The molecule has 3 heteroatoms. The van der Waals surface area contributed by atoms with E-state index in [4.69, 9.17) is 4.65 Å². The Labute approximate surface area is 114 Å². The first kappa shape index (κ1) is 14.4. The maximum Gasteiger partial charge on any atom is 0.399 e. The van der Waals surface area contributed by atoms with Gasteiger partial charge in [0.25, 0.3) is 0 Å². The van der Waals surface area contributed by atoms with Crippen LogP contribution < -0.4 is 0 Å². The first-order valence-corrected chi connectivity index (χ1v) is 7.44. The molecule has 1 radical (unpaired) electrons. The maximum atomic E-state index is 6.36. The van der Waals surface area contributed by atoms with Crippen LogP contribution in [0.25, 0.3) is 0 Å². The smallest absolute Gasteiger partial charge is 0.399 e. The Kier molecular flexibility index (Phi) is 3.62. The molecule has 1 atom stereocenters. The van der Waals surface area contributed by atoms with Crippen molar-refractivity contribution in [3.05, 3.63) is 0 Å². The van der Waals surface area contributed by atoms with Gasteiger partial charge >= 0.3 is 7.62 Å². The molecule has 0 bridgehead atoms. The van der Waals surface area contributed by atoms with Gasteiger partial charge in [0.2, 0.25) is 0 Å². The van der Waals surface area contributed by atoms with Crippen molar-refractivity contribution < 1.29 is 4.65 Å². The van der Waals surface area contributed by atoms with Gasteiger partial charge in [-0.1, -0.05) is 48.0 Å². The molecule has 0 aromatic heterocycles. The Morgan fingerprint density at radius 3 is 2.22 bits per heavy atom. The van der Waals surface area contributed by atoms with Gasteiger partial charge in [-0.05, 0) is 36.6 Å². The van der Waals surface area contributed by atoms with Crippen LogP contribution in [0, 0.1) is 10.8 Å². The lowest BCUT2D eigenvalue weighted by Gasteiger charge is -2.59. The first-order valence-electron chi connectivity index (χ1n) is 7.44. The molecule has 0 N–H and O–H groups in total. The van der Waals surface area contributed by atoms with Crippen LogP contribution in [0.2, 0.25) is 0 Å². The predicted octanol–water partition coefficient (Wildman–Crippen LogP) is 3.63. The van der Waals surface area contributed by atoms with Gasteiger partial charge in [0.15, 0.2) is 0 Å². The third-order valence-electron chi connectivity index (χ3n) is 5.01. The lowest BCUT2D eigenvalue weighted by Crippen LogP contribution is -2.65. The van der Waals surface area contributed by atoms with Crippen LogP contribution in [0.1, 0.15) is 67.2 Å². The zero-order chi connectivity index (χ0) is 13.6. The highest BCUT2D eigenvalue weighted by Crippen LogP contribution is 2.52. The molecule has 0 spiro atoms. The molecule has 0 aliphatic carbocycles. The Morgan fingerprint density at radius 2 is 1.67 bits per heavy atom. The van der Waals surface area contributed by atoms with Gasteiger partial charge in [-0.2, -0.15) is 0 Å². The molecule has 1 unspecified atom stereocenters. The van der Waals surface area contributed by atoms with Crippen molar-refractivity contribution >= 4 is 7.62 Å². The number of hydrogen-bond acceptors (Lipinski definition) is 2. The quantitative estimate of drug-likeness (QED) is 0.609. The topological polar surface area (TPSA) is 12.5 Å². The number of fused-ring (bicyclic) bond motifs is 1. The highest BCUT2D eigenvalue weighted by atomic mass is 16.5. The van der Waals surface area contributed by atoms with Crippen molar-refractivity contribution in [2.45, 2.75) is 78.9 Å². The summed E-state index contributed by atoms with van der Waals surface area (Å²) in [5.41, 5.74) is 0.259. The van der Waals surface area contributed by atoms with Gasteiger partial charge < -0.3 is 9.47 Å². The van der Waals surface area contributed by atoms with Crippen molar-refractivity contribution in [1.82, 2.24) is 4.81 Å². The number of rotatable bonds is 0. The average Bonchev–Trinajstić information content (AvgIpc) is 2.25.